The summed E-state index contributed by atoms with van der Waals surface area (Å²) in [5.74, 6) is 5.22. The monoisotopic (exact) mass is 166 g/mol. The third-order valence-electron chi connectivity index (χ3n) is 4.48. The molecule has 0 spiro atoms. The molecule has 2 aliphatic carbocycles. The third-order valence-corrected chi connectivity index (χ3v) is 4.48. The predicted octanol–water partition coefficient (Wildman–Crippen LogP) is 3.71. The summed E-state index contributed by atoms with van der Waals surface area (Å²) in [5.41, 5.74) is 0. The van der Waals surface area contributed by atoms with E-state index in [4.69, 9.17) is 0 Å². The molecule has 0 N–H and O–H groups in total. The number of hydrogen-bond acceptors (Lipinski definition) is 0. The maximum Gasteiger partial charge on any atom is -0.0332 e. The molecule has 2 aliphatic rings. The van der Waals surface area contributed by atoms with Gasteiger partial charge >= 0.3 is 0 Å². The second-order valence-electron chi connectivity index (χ2n) is 5.34. The van der Waals surface area contributed by atoms with E-state index >= 15 is 0 Å². The molecule has 0 aromatic carbocycles. The van der Waals surface area contributed by atoms with Gasteiger partial charge in [-0.15, -0.1) is 0 Å². The van der Waals surface area contributed by atoms with Gasteiger partial charge in [0, 0.05) is 0 Å². The summed E-state index contributed by atoms with van der Waals surface area (Å²) in [5, 5.41) is 0. The quantitative estimate of drug-likeness (QED) is 0.514. The van der Waals surface area contributed by atoms with Gasteiger partial charge in [0.05, 0.1) is 0 Å². The Morgan fingerprint density at radius 2 is 1.58 bits per heavy atom. The van der Waals surface area contributed by atoms with Crippen molar-refractivity contribution in [3.05, 3.63) is 0 Å². The molecule has 0 heterocycles. The summed E-state index contributed by atoms with van der Waals surface area (Å²) >= 11 is 0. The molecule has 0 aromatic rings. The van der Waals surface area contributed by atoms with E-state index in [-0.39, 0.29) is 0 Å². The van der Waals surface area contributed by atoms with Crippen molar-refractivity contribution in [2.45, 2.75) is 46.5 Å². The van der Waals surface area contributed by atoms with Crippen LogP contribution in [0.1, 0.15) is 46.5 Å². The van der Waals surface area contributed by atoms with Gasteiger partial charge in [-0.1, -0.05) is 33.6 Å². The van der Waals surface area contributed by atoms with Gasteiger partial charge in [-0.3, -0.25) is 0 Å². The molecule has 0 aromatic heterocycles. The minimum atomic E-state index is 1.01. The van der Waals surface area contributed by atoms with Crippen LogP contribution in [0.3, 0.4) is 0 Å². The summed E-state index contributed by atoms with van der Waals surface area (Å²) in [7, 11) is 0. The van der Waals surface area contributed by atoms with Gasteiger partial charge < -0.3 is 0 Å². The molecular weight excluding hydrogens is 144 g/mol. The third kappa shape index (κ3) is 1.20. The number of rotatable bonds is 0. The second kappa shape index (κ2) is 3.05. The van der Waals surface area contributed by atoms with Gasteiger partial charge in [0.1, 0.15) is 0 Å². The average Bonchev–Trinajstić information content (AvgIpc) is 2.29. The molecule has 0 heteroatoms. The van der Waals surface area contributed by atoms with Gasteiger partial charge in [0.15, 0.2) is 0 Å². The van der Waals surface area contributed by atoms with E-state index < -0.39 is 0 Å². The number of hydrogen-bond donors (Lipinski definition) is 0. The molecule has 12 heavy (non-hydrogen) atoms. The van der Waals surface area contributed by atoms with Crippen LogP contribution >= 0.6 is 0 Å². The Morgan fingerprint density at radius 1 is 0.833 bits per heavy atom. The zero-order valence-electron chi connectivity index (χ0n) is 8.72. The van der Waals surface area contributed by atoms with E-state index in [1.54, 1.807) is 0 Å². The van der Waals surface area contributed by atoms with E-state index in [0.29, 0.717) is 0 Å². The van der Waals surface area contributed by atoms with E-state index in [2.05, 4.69) is 20.8 Å². The molecule has 0 aliphatic heterocycles. The predicted molar refractivity (Wildman–Crippen MR) is 52.9 cm³/mol. The van der Waals surface area contributed by atoms with Crippen molar-refractivity contribution >= 4 is 0 Å². The van der Waals surface area contributed by atoms with Crippen LogP contribution in [-0.4, -0.2) is 0 Å². The molecule has 0 nitrogen and oxygen atoms in total. The Bertz CT molecular complexity index is 157. The Labute approximate surface area is 76.7 Å². The van der Waals surface area contributed by atoms with Crippen molar-refractivity contribution in [1.29, 1.82) is 0 Å². The van der Waals surface area contributed by atoms with Crippen molar-refractivity contribution < 1.29 is 0 Å². The molecule has 5 atom stereocenters. The lowest BCUT2D eigenvalue weighted by Gasteiger charge is -2.35. The lowest BCUT2D eigenvalue weighted by Crippen LogP contribution is -2.27. The topological polar surface area (TPSA) is 0 Å². The SMILES string of the molecule is CC1CC(C)C2C(C)CCCC12. The van der Waals surface area contributed by atoms with Crippen molar-refractivity contribution in [2.24, 2.45) is 29.6 Å². The normalized spacial score (nSPS) is 53.8. The summed E-state index contributed by atoms with van der Waals surface area (Å²) in [6.45, 7) is 7.42. The number of fused-ring (bicyclic) bond motifs is 1. The van der Waals surface area contributed by atoms with Crippen molar-refractivity contribution in [1.82, 2.24) is 0 Å². The molecule has 2 rings (SSSR count). The average molecular weight is 166 g/mol. The van der Waals surface area contributed by atoms with E-state index in [1.165, 1.54) is 25.7 Å². The Balaban J connectivity index is 2.13. The molecule has 70 valence electrons. The smallest absolute Gasteiger partial charge is 0.0332 e. The fourth-order valence-corrected chi connectivity index (χ4v) is 4.05. The molecular formula is C12H22. The Kier molecular flexibility index (Phi) is 2.18. The van der Waals surface area contributed by atoms with E-state index in [0.717, 1.165) is 29.6 Å². The summed E-state index contributed by atoms with van der Waals surface area (Å²) < 4.78 is 0. The molecule has 2 fully saturated rings. The van der Waals surface area contributed by atoms with Crippen LogP contribution in [-0.2, 0) is 0 Å². The zero-order valence-corrected chi connectivity index (χ0v) is 8.72. The van der Waals surface area contributed by atoms with Crippen molar-refractivity contribution in [3.63, 3.8) is 0 Å². The fourth-order valence-electron chi connectivity index (χ4n) is 4.05. The lowest BCUT2D eigenvalue weighted by molar-refractivity contribution is 0.146. The summed E-state index contributed by atoms with van der Waals surface area (Å²) in [6.07, 6.45) is 6.03. The molecule has 0 amide bonds. The maximum absolute atomic E-state index is 2.48. The van der Waals surface area contributed by atoms with Gasteiger partial charge in [0.2, 0.25) is 0 Å². The molecule has 5 unspecified atom stereocenters. The maximum atomic E-state index is 2.48. The van der Waals surface area contributed by atoms with Gasteiger partial charge in [-0.05, 0) is 42.4 Å². The summed E-state index contributed by atoms with van der Waals surface area (Å²) in [4.78, 5) is 0. The standard InChI is InChI=1S/C12H22/c1-8-5-4-6-11-9(2)7-10(3)12(8)11/h8-12H,4-7H2,1-3H3. The van der Waals surface area contributed by atoms with Crippen LogP contribution in [0.25, 0.3) is 0 Å². The first kappa shape index (κ1) is 8.59. The highest BCUT2D eigenvalue weighted by Gasteiger charge is 2.42. The Hall–Kier alpha value is 0. The largest absolute Gasteiger partial charge is 0.0622 e. The molecule has 0 bridgehead atoms. The molecule has 0 radical (unpaired) electrons. The lowest BCUT2D eigenvalue weighted by atomic mass is 9.70. The Morgan fingerprint density at radius 3 is 2.25 bits per heavy atom. The highest BCUT2D eigenvalue weighted by molar-refractivity contribution is 4.92. The molecule has 2 saturated carbocycles. The van der Waals surface area contributed by atoms with Crippen LogP contribution in [0.2, 0.25) is 0 Å². The first-order valence-corrected chi connectivity index (χ1v) is 5.70. The highest BCUT2D eigenvalue weighted by Crippen LogP contribution is 2.51. The minimum Gasteiger partial charge on any atom is -0.0622 e. The summed E-state index contributed by atoms with van der Waals surface area (Å²) in [6, 6.07) is 0. The van der Waals surface area contributed by atoms with Crippen LogP contribution in [0.4, 0.5) is 0 Å². The zero-order chi connectivity index (χ0) is 8.72. The van der Waals surface area contributed by atoms with Crippen molar-refractivity contribution in [3.8, 4) is 0 Å². The highest BCUT2D eigenvalue weighted by atomic mass is 14.5. The van der Waals surface area contributed by atoms with E-state index in [1.807, 2.05) is 0 Å². The second-order valence-corrected chi connectivity index (χ2v) is 5.34. The minimum absolute atomic E-state index is 1.01. The van der Waals surface area contributed by atoms with Gasteiger partial charge in [-0.2, -0.15) is 0 Å². The van der Waals surface area contributed by atoms with Gasteiger partial charge in [0.25, 0.3) is 0 Å². The van der Waals surface area contributed by atoms with Crippen LogP contribution in [0.5, 0.6) is 0 Å². The molecule has 0 saturated heterocycles. The first-order valence-electron chi connectivity index (χ1n) is 5.70. The van der Waals surface area contributed by atoms with Crippen LogP contribution in [0.15, 0.2) is 0 Å². The van der Waals surface area contributed by atoms with Gasteiger partial charge in [-0.25, -0.2) is 0 Å². The van der Waals surface area contributed by atoms with Crippen LogP contribution in [0, 0.1) is 29.6 Å². The fraction of sp³-hybridized carbons (Fsp3) is 1.00. The first-order chi connectivity index (χ1) is 5.70. The van der Waals surface area contributed by atoms with Crippen LogP contribution < -0.4 is 0 Å². The van der Waals surface area contributed by atoms with E-state index in [9.17, 15) is 0 Å². The van der Waals surface area contributed by atoms with Crippen molar-refractivity contribution in [2.75, 3.05) is 0 Å².